The van der Waals surface area contributed by atoms with Gasteiger partial charge in [0.25, 0.3) is 11.6 Å². The zero-order chi connectivity index (χ0) is 22.4. The van der Waals surface area contributed by atoms with Gasteiger partial charge in [-0.05, 0) is 38.5 Å². The Bertz CT molecular complexity index is 996. The standard InChI is InChI=1S/C19H21N3O8/c1-5-29-12-6-7-13(14(8-12)22(26)27)21-15(23)9-30-19(25)17-10(2)16(11(3)20-17)18(24)28-4/h6-8,20H,5,9H2,1-4H3,(H,21,23). The molecule has 11 heteroatoms. The number of aromatic amines is 1. The van der Waals surface area contributed by atoms with Gasteiger partial charge in [-0.15, -0.1) is 0 Å². The van der Waals surface area contributed by atoms with Crippen molar-refractivity contribution >= 4 is 29.2 Å². The van der Waals surface area contributed by atoms with Crippen molar-refractivity contribution in [3.05, 3.63) is 50.8 Å². The number of methoxy groups -OCH3 is 1. The van der Waals surface area contributed by atoms with Gasteiger partial charge in [0.2, 0.25) is 0 Å². The number of aryl methyl sites for hydroxylation is 1. The molecule has 0 radical (unpaired) electrons. The molecule has 2 rings (SSSR count). The van der Waals surface area contributed by atoms with Gasteiger partial charge in [-0.25, -0.2) is 9.59 Å². The number of nitrogens with zero attached hydrogens (tertiary/aromatic N) is 1. The van der Waals surface area contributed by atoms with Crippen molar-refractivity contribution in [1.29, 1.82) is 0 Å². The summed E-state index contributed by atoms with van der Waals surface area (Å²) in [7, 11) is 1.22. The Morgan fingerprint density at radius 2 is 1.90 bits per heavy atom. The van der Waals surface area contributed by atoms with Gasteiger partial charge in [0.05, 0.1) is 30.3 Å². The van der Waals surface area contributed by atoms with Gasteiger partial charge in [-0.2, -0.15) is 0 Å². The molecule has 0 fully saturated rings. The molecule has 0 saturated carbocycles. The Morgan fingerprint density at radius 1 is 1.20 bits per heavy atom. The van der Waals surface area contributed by atoms with Crippen LogP contribution in [0.15, 0.2) is 18.2 Å². The van der Waals surface area contributed by atoms with Crippen LogP contribution in [0.3, 0.4) is 0 Å². The first-order valence-corrected chi connectivity index (χ1v) is 8.85. The molecule has 1 aromatic heterocycles. The molecule has 1 aromatic carbocycles. The maximum atomic E-state index is 12.3. The molecule has 0 bridgehead atoms. The van der Waals surface area contributed by atoms with Gasteiger partial charge in [0.15, 0.2) is 6.61 Å². The first-order chi connectivity index (χ1) is 14.2. The second-order valence-electron chi connectivity index (χ2n) is 6.11. The predicted molar refractivity (Wildman–Crippen MR) is 105 cm³/mol. The molecular weight excluding hydrogens is 398 g/mol. The number of benzene rings is 1. The van der Waals surface area contributed by atoms with E-state index in [1.54, 1.807) is 13.8 Å². The minimum Gasteiger partial charge on any atom is -0.494 e. The second-order valence-corrected chi connectivity index (χ2v) is 6.11. The second kappa shape index (κ2) is 9.54. The SMILES string of the molecule is CCOc1ccc(NC(=O)COC(=O)c2[nH]c(C)c(C(=O)OC)c2C)c([N+](=O)[O-])c1. The number of nitro groups is 1. The number of carbonyl (C=O) groups excluding carboxylic acids is 3. The molecule has 0 aliphatic rings. The lowest BCUT2D eigenvalue weighted by atomic mass is 10.1. The van der Waals surface area contributed by atoms with E-state index in [0.29, 0.717) is 17.9 Å². The van der Waals surface area contributed by atoms with E-state index in [1.165, 1.54) is 32.2 Å². The summed E-state index contributed by atoms with van der Waals surface area (Å²) in [5.41, 5.74) is 0.530. The lowest BCUT2D eigenvalue weighted by Crippen LogP contribution is -2.22. The molecule has 0 aliphatic heterocycles. The lowest BCUT2D eigenvalue weighted by molar-refractivity contribution is -0.384. The van der Waals surface area contributed by atoms with Gasteiger partial charge in [-0.1, -0.05) is 0 Å². The lowest BCUT2D eigenvalue weighted by Gasteiger charge is -2.09. The van der Waals surface area contributed by atoms with Gasteiger partial charge in [-0.3, -0.25) is 14.9 Å². The highest BCUT2D eigenvalue weighted by molar-refractivity contribution is 6.00. The summed E-state index contributed by atoms with van der Waals surface area (Å²) < 4.78 is 14.8. The summed E-state index contributed by atoms with van der Waals surface area (Å²) in [5.74, 6) is -1.96. The van der Waals surface area contributed by atoms with Gasteiger partial charge in [0.1, 0.15) is 17.1 Å². The van der Waals surface area contributed by atoms with Crippen LogP contribution in [0.5, 0.6) is 5.75 Å². The smallest absolute Gasteiger partial charge is 0.355 e. The molecule has 11 nitrogen and oxygen atoms in total. The van der Waals surface area contributed by atoms with Crippen LogP contribution in [-0.4, -0.2) is 48.1 Å². The molecule has 160 valence electrons. The number of H-pyrrole nitrogens is 1. The Balaban J connectivity index is 2.07. The van der Waals surface area contributed by atoms with Crippen molar-refractivity contribution in [2.24, 2.45) is 0 Å². The average molecular weight is 419 g/mol. The minimum atomic E-state index is -0.859. The number of nitrogens with one attached hydrogen (secondary N) is 2. The Labute approximate surface area is 171 Å². The van der Waals surface area contributed by atoms with Crippen molar-refractivity contribution in [1.82, 2.24) is 4.98 Å². The van der Waals surface area contributed by atoms with Crippen LogP contribution >= 0.6 is 0 Å². The number of rotatable bonds is 8. The van der Waals surface area contributed by atoms with E-state index in [1.807, 2.05) is 0 Å². The average Bonchev–Trinajstić information content (AvgIpc) is 3.01. The van der Waals surface area contributed by atoms with Crippen LogP contribution < -0.4 is 10.1 Å². The van der Waals surface area contributed by atoms with E-state index in [0.717, 1.165) is 0 Å². The molecule has 1 heterocycles. The van der Waals surface area contributed by atoms with Crippen LogP contribution in [0, 0.1) is 24.0 Å². The van der Waals surface area contributed by atoms with E-state index in [-0.39, 0.29) is 28.4 Å². The minimum absolute atomic E-state index is 0.00717. The number of hydrogen-bond donors (Lipinski definition) is 2. The van der Waals surface area contributed by atoms with E-state index in [2.05, 4.69) is 15.0 Å². The molecule has 30 heavy (non-hydrogen) atoms. The molecular formula is C19H21N3O8. The fourth-order valence-electron chi connectivity index (χ4n) is 2.78. The Kier molecular flexibility index (Phi) is 7.13. The predicted octanol–water partition coefficient (Wildman–Crippen LogP) is 2.52. The third kappa shape index (κ3) is 4.93. The van der Waals surface area contributed by atoms with Crippen LogP contribution in [0.1, 0.15) is 39.0 Å². The van der Waals surface area contributed by atoms with Gasteiger partial charge in [0, 0.05) is 5.69 Å². The van der Waals surface area contributed by atoms with Crippen molar-refractivity contribution in [2.45, 2.75) is 20.8 Å². The number of anilines is 1. The number of ether oxygens (including phenoxy) is 3. The van der Waals surface area contributed by atoms with Crippen molar-refractivity contribution in [2.75, 3.05) is 25.6 Å². The van der Waals surface area contributed by atoms with E-state index in [4.69, 9.17) is 9.47 Å². The highest BCUT2D eigenvalue weighted by atomic mass is 16.6. The first kappa shape index (κ1) is 22.4. The monoisotopic (exact) mass is 419 g/mol. The van der Waals surface area contributed by atoms with E-state index < -0.39 is 29.4 Å². The number of carbonyl (C=O) groups is 3. The number of hydrogen-bond acceptors (Lipinski definition) is 8. The molecule has 2 aromatic rings. The van der Waals surface area contributed by atoms with Crippen LogP contribution in [0.4, 0.5) is 11.4 Å². The molecule has 2 N–H and O–H groups in total. The number of nitro benzene ring substituents is 1. The maximum Gasteiger partial charge on any atom is 0.355 e. The maximum absolute atomic E-state index is 12.3. The third-order valence-electron chi connectivity index (χ3n) is 4.12. The fraction of sp³-hybridized carbons (Fsp3) is 0.316. The molecule has 0 spiro atoms. The largest absolute Gasteiger partial charge is 0.494 e. The van der Waals surface area contributed by atoms with Crippen molar-refractivity contribution in [3.63, 3.8) is 0 Å². The fourth-order valence-corrected chi connectivity index (χ4v) is 2.78. The molecule has 1 amide bonds. The molecule has 0 saturated heterocycles. The highest BCUT2D eigenvalue weighted by Crippen LogP contribution is 2.29. The summed E-state index contributed by atoms with van der Waals surface area (Å²) in [4.78, 5) is 49.5. The summed E-state index contributed by atoms with van der Waals surface area (Å²) in [5, 5.41) is 13.6. The van der Waals surface area contributed by atoms with Crippen LogP contribution in [-0.2, 0) is 14.3 Å². The zero-order valence-electron chi connectivity index (χ0n) is 16.9. The normalized spacial score (nSPS) is 10.3. The number of aromatic nitrogens is 1. The summed E-state index contributed by atoms with van der Waals surface area (Å²) >= 11 is 0. The first-order valence-electron chi connectivity index (χ1n) is 8.85. The molecule has 0 atom stereocenters. The Morgan fingerprint density at radius 3 is 2.50 bits per heavy atom. The number of esters is 2. The van der Waals surface area contributed by atoms with Crippen molar-refractivity contribution in [3.8, 4) is 5.75 Å². The zero-order valence-corrected chi connectivity index (χ0v) is 16.9. The van der Waals surface area contributed by atoms with Gasteiger partial charge >= 0.3 is 11.9 Å². The van der Waals surface area contributed by atoms with Crippen LogP contribution in [0.25, 0.3) is 0 Å². The van der Waals surface area contributed by atoms with Gasteiger partial charge < -0.3 is 24.5 Å². The summed E-state index contributed by atoms with van der Waals surface area (Å²) in [6.45, 7) is 4.50. The summed E-state index contributed by atoms with van der Waals surface area (Å²) in [6.07, 6.45) is 0. The molecule has 0 aliphatic carbocycles. The quantitative estimate of drug-likeness (QED) is 0.376. The number of amides is 1. The highest BCUT2D eigenvalue weighted by Gasteiger charge is 2.24. The third-order valence-corrected chi connectivity index (χ3v) is 4.12. The Hall–Kier alpha value is -3.89. The van der Waals surface area contributed by atoms with Crippen LogP contribution in [0.2, 0.25) is 0 Å². The van der Waals surface area contributed by atoms with E-state index in [9.17, 15) is 24.5 Å². The molecule has 0 unspecified atom stereocenters. The van der Waals surface area contributed by atoms with E-state index >= 15 is 0 Å². The topological polar surface area (TPSA) is 150 Å². The summed E-state index contributed by atoms with van der Waals surface area (Å²) in [6, 6.07) is 3.98. The van der Waals surface area contributed by atoms with Crippen molar-refractivity contribution < 1.29 is 33.5 Å².